The highest BCUT2D eigenvalue weighted by molar-refractivity contribution is 6.32. The molecule has 10 N–H and O–H groups in total. The van der Waals surface area contributed by atoms with E-state index in [1.807, 2.05) is 0 Å². The number of morpholine rings is 1. The number of benzene rings is 2. The van der Waals surface area contributed by atoms with Crippen molar-refractivity contribution < 1.29 is 86.9 Å². The molecule has 4 heterocycles. The first-order valence-electron chi connectivity index (χ1n) is 27.1. The molecule has 0 unspecified atom stereocenters. The summed E-state index contributed by atoms with van der Waals surface area (Å²) >= 11 is 0. The van der Waals surface area contributed by atoms with Gasteiger partial charge >= 0.3 is 6.03 Å². The second-order valence-corrected chi connectivity index (χ2v) is 21.6. The molecular formula is C55H70N8O18. The number of anilines is 1. The van der Waals surface area contributed by atoms with Gasteiger partial charge in [-0.25, -0.2) is 4.79 Å². The quantitative estimate of drug-likeness (QED) is 0.0380. The monoisotopic (exact) mass is 1130 g/mol. The Labute approximate surface area is 466 Å². The van der Waals surface area contributed by atoms with Gasteiger partial charge in [-0.1, -0.05) is 32.4 Å². The Kier molecular flexibility index (Phi) is 18.4. The summed E-state index contributed by atoms with van der Waals surface area (Å²) in [4.78, 5) is 136. The van der Waals surface area contributed by atoms with Crippen LogP contribution in [0.25, 0.3) is 0 Å². The highest BCUT2D eigenvalue weighted by Crippen LogP contribution is 2.53. The van der Waals surface area contributed by atoms with E-state index >= 15 is 0 Å². The minimum Gasteiger partial charge on any atom is -0.507 e. The Morgan fingerprint density at radius 2 is 1.59 bits per heavy atom. The molecule has 0 radical (unpaired) electrons. The predicted molar refractivity (Wildman–Crippen MR) is 282 cm³/mol. The van der Waals surface area contributed by atoms with Gasteiger partial charge in [0.05, 0.1) is 41.2 Å². The highest BCUT2D eigenvalue weighted by atomic mass is 16.7. The summed E-state index contributed by atoms with van der Waals surface area (Å²) in [5.41, 5.74) is 0.653. The van der Waals surface area contributed by atoms with Gasteiger partial charge in [-0.2, -0.15) is 0 Å². The number of ketones is 3. The average Bonchev–Trinajstić information content (AvgIpc) is 4.05. The Hall–Kier alpha value is -7.20. The molecule has 3 fully saturated rings. The zero-order valence-electron chi connectivity index (χ0n) is 45.9. The lowest BCUT2D eigenvalue weighted by atomic mass is 9.72. The third kappa shape index (κ3) is 12.5. The van der Waals surface area contributed by atoms with Gasteiger partial charge in [-0.05, 0) is 58.4 Å². The fourth-order valence-corrected chi connectivity index (χ4v) is 11.4. The number of nitrogens with zero attached hydrogens (tertiary/aromatic N) is 2. The minimum atomic E-state index is -2.15. The van der Waals surface area contributed by atoms with Crippen molar-refractivity contribution >= 4 is 64.5 Å². The highest BCUT2D eigenvalue weighted by Gasteiger charge is 2.55. The lowest BCUT2D eigenvalue weighted by Gasteiger charge is -2.43. The van der Waals surface area contributed by atoms with Crippen LogP contribution in [0.1, 0.15) is 135 Å². The maximum absolute atomic E-state index is 14.8. The van der Waals surface area contributed by atoms with E-state index in [0.717, 1.165) is 11.8 Å². The molecule has 2 aromatic carbocycles. The maximum atomic E-state index is 14.8. The molecule has 8 amide bonds. The molecule has 2 aliphatic carbocycles. The number of hydrogen-bond donors (Lipinski definition) is 9. The van der Waals surface area contributed by atoms with Crippen LogP contribution in [0.15, 0.2) is 30.4 Å². The molecule has 2 aromatic rings. The van der Waals surface area contributed by atoms with Crippen LogP contribution in [-0.2, 0) is 63.7 Å². The van der Waals surface area contributed by atoms with E-state index in [1.54, 1.807) is 20.8 Å². The Bertz CT molecular complexity index is 2900. The molecule has 26 heteroatoms. The van der Waals surface area contributed by atoms with Crippen molar-refractivity contribution in [2.75, 3.05) is 38.7 Å². The number of ether oxygens (including phenoxy) is 5. The number of urea groups is 1. The first-order chi connectivity index (χ1) is 38.4. The van der Waals surface area contributed by atoms with Gasteiger partial charge in [0.15, 0.2) is 36.2 Å². The number of aromatic hydroxyl groups is 2. The van der Waals surface area contributed by atoms with Gasteiger partial charge in [-0.15, -0.1) is 0 Å². The number of Topliss-reactive ketones (excluding diaryl/α,β-unsaturated/α-hetero) is 1. The van der Waals surface area contributed by atoms with E-state index in [1.165, 1.54) is 44.4 Å². The number of phenolic OH excluding ortho intramolecular Hbond substituents is 2. The second kappa shape index (κ2) is 24.9. The van der Waals surface area contributed by atoms with E-state index in [0.29, 0.717) is 32.4 Å². The first-order valence-corrected chi connectivity index (χ1v) is 27.1. The lowest BCUT2D eigenvalue weighted by Crippen LogP contribution is -2.57. The standard InChI is InChI=1S/C55H70N8O18/c1-25(2)43(61-35(65)15-8-7-9-19-63-36(66)16-17-37(63)67)51(74)60-32(14-11-18-57-54(56)75)50(73)58-26(3)49(72)59-31-13-10-12-29-39(31)46(70)42-41(44(29)68)45(69)30-23-55(76,28(5)64)24-34(40(30)47(42)71)80-38-22-33-48(27(4)79-38)81-52-53(77-6)78-21-20-62(33)52/h10,12-13,16-17,25-27,32-34,38,43,48,52-53,69,71,76H,7-9,11,14-15,18-24H2,1-6H3,(H,58,73)(H,59,72)(H,60,74)(H,61,65)(H3,56,57,75)/t26-,27-,32-,33-,34-,38-,43-,48+,52+,53-,55-/m0/s1. The molecule has 438 valence electrons. The van der Waals surface area contributed by atoms with Crippen LogP contribution in [0.5, 0.6) is 11.5 Å². The Morgan fingerprint density at radius 1 is 0.877 bits per heavy atom. The van der Waals surface area contributed by atoms with Gasteiger partial charge in [0, 0.05) is 87.3 Å². The molecule has 11 atom stereocenters. The molecule has 4 aliphatic heterocycles. The van der Waals surface area contributed by atoms with Crippen LogP contribution in [0.4, 0.5) is 10.5 Å². The molecule has 8 rings (SSSR count). The molecule has 0 saturated carbocycles. The maximum Gasteiger partial charge on any atom is 0.312 e. The van der Waals surface area contributed by atoms with Crippen molar-refractivity contribution in [1.29, 1.82) is 0 Å². The summed E-state index contributed by atoms with van der Waals surface area (Å²) in [5.74, 6) is -8.31. The number of rotatable bonds is 22. The van der Waals surface area contributed by atoms with Crippen LogP contribution < -0.4 is 32.3 Å². The van der Waals surface area contributed by atoms with Crippen molar-refractivity contribution in [1.82, 2.24) is 31.1 Å². The number of aliphatic hydroxyl groups is 1. The van der Waals surface area contributed by atoms with Crippen LogP contribution in [-0.4, -0.2) is 178 Å². The molecular weight excluding hydrogens is 1060 g/mol. The number of nitrogens with one attached hydrogen (secondary N) is 5. The third-order valence-corrected chi connectivity index (χ3v) is 15.7. The molecule has 0 aromatic heterocycles. The molecule has 0 bridgehead atoms. The van der Waals surface area contributed by atoms with E-state index in [2.05, 4.69) is 31.5 Å². The number of nitrogens with two attached hydrogens (primary N) is 1. The summed E-state index contributed by atoms with van der Waals surface area (Å²) in [7, 11) is 1.51. The summed E-state index contributed by atoms with van der Waals surface area (Å²) in [6.45, 7) is 8.73. The fourth-order valence-electron chi connectivity index (χ4n) is 11.4. The van der Waals surface area contributed by atoms with Gasteiger partial charge in [0.2, 0.25) is 23.6 Å². The molecule has 0 spiro atoms. The molecule has 81 heavy (non-hydrogen) atoms. The Morgan fingerprint density at radius 3 is 2.27 bits per heavy atom. The third-order valence-electron chi connectivity index (χ3n) is 15.7. The largest absolute Gasteiger partial charge is 0.507 e. The van der Waals surface area contributed by atoms with E-state index in [9.17, 15) is 63.3 Å². The van der Waals surface area contributed by atoms with Crippen LogP contribution in [0, 0.1) is 5.92 Å². The Balaban J connectivity index is 0.970. The van der Waals surface area contributed by atoms with E-state index in [-0.39, 0.29) is 72.8 Å². The predicted octanol–water partition coefficient (Wildman–Crippen LogP) is 0.733. The van der Waals surface area contributed by atoms with Crippen molar-refractivity contribution in [3.05, 3.63) is 63.7 Å². The number of methoxy groups -OCH3 is 1. The number of hydrogen-bond acceptors (Lipinski definition) is 19. The SMILES string of the molecule is CO[C@H]1OCCN2[C@@H]1O[C@@H]1[C@H](C)O[C@@H](O[C@H]3C[C@](O)(C(C)=O)Cc4c(O)c5c(c(O)c43)C(=O)c3c(NC(=O)[C@H](C)NC(=O)[C@H](CCCNC(N)=O)NC(=O)[C@@H](NC(=O)CCCCCN4C(=O)C=CC4=O)C(C)C)cccc3C5=O)C[C@@H]12. The van der Waals surface area contributed by atoms with Crippen molar-refractivity contribution in [2.45, 2.75) is 159 Å². The van der Waals surface area contributed by atoms with Crippen LogP contribution in [0.3, 0.4) is 0 Å². The lowest BCUT2D eigenvalue weighted by molar-refractivity contribution is -0.256. The summed E-state index contributed by atoms with van der Waals surface area (Å²) < 4.78 is 30.4. The summed E-state index contributed by atoms with van der Waals surface area (Å²) in [6.07, 6.45) is -1.50. The fraction of sp³-hybridized carbons (Fsp3) is 0.564. The topological polar surface area (TPSA) is 370 Å². The van der Waals surface area contributed by atoms with Gasteiger partial charge < -0.3 is 71.3 Å². The number of imide groups is 1. The van der Waals surface area contributed by atoms with E-state index < -0.39 is 161 Å². The number of primary amides is 1. The van der Waals surface area contributed by atoms with Crippen LogP contribution in [0.2, 0.25) is 0 Å². The molecule has 26 nitrogen and oxygen atoms in total. The van der Waals surface area contributed by atoms with Gasteiger partial charge in [-0.3, -0.25) is 53.0 Å². The first kappa shape index (κ1) is 59.9. The van der Waals surface area contributed by atoms with E-state index in [4.69, 9.17) is 29.4 Å². The average molecular weight is 1130 g/mol. The van der Waals surface area contributed by atoms with Crippen molar-refractivity contribution in [3.63, 3.8) is 0 Å². The number of unbranched alkanes of at least 4 members (excludes halogenated alkanes) is 2. The van der Waals surface area contributed by atoms with Gasteiger partial charge in [0.25, 0.3) is 11.8 Å². The summed E-state index contributed by atoms with van der Waals surface area (Å²) in [5, 5.41) is 49.0. The normalized spacial score (nSPS) is 25.9. The molecule has 3 saturated heterocycles. The van der Waals surface area contributed by atoms with Gasteiger partial charge in [0.1, 0.15) is 41.3 Å². The van der Waals surface area contributed by atoms with Crippen molar-refractivity contribution in [2.24, 2.45) is 11.7 Å². The smallest absolute Gasteiger partial charge is 0.312 e. The summed E-state index contributed by atoms with van der Waals surface area (Å²) in [6, 6.07) is -0.947. The van der Waals surface area contributed by atoms with Crippen molar-refractivity contribution in [3.8, 4) is 11.5 Å². The van der Waals surface area contributed by atoms with Crippen LogP contribution >= 0.6 is 0 Å². The molecule has 6 aliphatic rings. The number of phenols is 2. The minimum absolute atomic E-state index is 0.0158. The zero-order valence-corrected chi connectivity index (χ0v) is 45.9. The number of carbonyl (C=O) groups is 10. The number of amides is 8. The number of carbonyl (C=O) groups excluding carboxylic acids is 10. The second-order valence-electron chi connectivity index (χ2n) is 21.6. The zero-order chi connectivity index (χ0) is 58.8. The number of fused-ring (bicyclic) bond motifs is 6.